The van der Waals surface area contributed by atoms with E-state index in [1.54, 1.807) is 30.3 Å². The Kier molecular flexibility index (Phi) is 16.6. The Balaban J connectivity index is 2.02. The van der Waals surface area contributed by atoms with E-state index in [0.717, 1.165) is 0 Å². The first-order valence-corrected chi connectivity index (χ1v) is 17.3. The number of nitrogens with one attached hydrogen (secondary N) is 9. The monoisotopic (exact) mass is 753 g/mol. The molecule has 0 aliphatic carbocycles. The van der Waals surface area contributed by atoms with Crippen molar-refractivity contribution in [3.63, 3.8) is 0 Å². The largest absolute Gasteiger partial charge is 0.368 e. The second-order valence-corrected chi connectivity index (χ2v) is 12.6. The molecule has 1 aliphatic rings. The Morgan fingerprint density at radius 2 is 1.61 bits per heavy atom. The van der Waals surface area contributed by atoms with Gasteiger partial charge in [-0.3, -0.25) is 43.2 Å². The zero-order valence-corrected chi connectivity index (χ0v) is 30.0. The minimum atomic E-state index is -1.62. The summed E-state index contributed by atoms with van der Waals surface area (Å²) in [5.74, 6) is -7.35. The molecule has 1 saturated heterocycles. The van der Waals surface area contributed by atoms with Crippen LogP contribution in [0.25, 0.3) is 0 Å². The van der Waals surface area contributed by atoms with Gasteiger partial charge in [0.1, 0.15) is 30.2 Å². The highest BCUT2D eigenvalue weighted by molar-refractivity contribution is 5.98. The number of H-pyrrole nitrogens is 1. The van der Waals surface area contributed by atoms with Crippen molar-refractivity contribution in [3.05, 3.63) is 54.1 Å². The van der Waals surface area contributed by atoms with Gasteiger partial charge in [-0.2, -0.15) is 0 Å². The first kappa shape index (κ1) is 42.1. The van der Waals surface area contributed by atoms with E-state index in [-0.39, 0.29) is 19.3 Å². The van der Waals surface area contributed by atoms with Crippen molar-refractivity contribution in [2.45, 2.75) is 82.6 Å². The number of amides is 9. The van der Waals surface area contributed by atoms with E-state index >= 15 is 0 Å². The SMILES string of the molecule is CCCC[C@H](NC(C)=O)C(=O)N[C@H]1CC(=O)NC[C@@H](C(=O)NCC(N)=O)NC(=O)CNC(=O)[C@@H](Cc2ccccc2)NC(=O)[C@H](Cc2cnc[nH]2)NC1=O. The van der Waals surface area contributed by atoms with Crippen LogP contribution in [0.15, 0.2) is 42.9 Å². The molecule has 2 heterocycles. The molecular formula is C34H47N11O9. The van der Waals surface area contributed by atoms with Gasteiger partial charge in [-0.05, 0) is 12.0 Å². The van der Waals surface area contributed by atoms with Crippen LogP contribution in [0.5, 0.6) is 0 Å². The average Bonchev–Trinajstić information content (AvgIpc) is 3.65. The van der Waals surface area contributed by atoms with Gasteiger partial charge in [0.05, 0.1) is 25.8 Å². The lowest BCUT2D eigenvalue weighted by Crippen LogP contribution is -2.59. The number of nitrogens with two attached hydrogens (primary N) is 1. The zero-order valence-electron chi connectivity index (χ0n) is 30.0. The number of rotatable bonds is 13. The molecule has 11 N–H and O–H groups in total. The maximum atomic E-state index is 13.9. The minimum Gasteiger partial charge on any atom is -0.368 e. The van der Waals surface area contributed by atoms with Crippen LogP contribution in [0.3, 0.4) is 0 Å². The molecule has 292 valence electrons. The highest BCUT2D eigenvalue weighted by Gasteiger charge is 2.34. The van der Waals surface area contributed by atoms with Gasteiger partial charge in [-0.1, -0.05) is 50.1 Å². The Morgan fingerprint density at radius 3 is 2.26 bits per heavy atom. The summed E-state index contributed by atoms with van der Waals surface area (Å²) < 4.78 is 0. The van der Waals surface area contributed by atoms with E-state index < -0.39 is 109 Å². The minimum absolute atomic E-state index is 0.0255. The van der Waals surface area contributed by atoms with Gasteiger partial charge in [0.25, 0.3) is 0 Å². The number of aromatic amines is 1. The van der Waals surface area contributed by atoms with Gasteiger partial charge in [-0.25, -0.2) is 4.98 Å². The van der Waals surface area contributed by atoms with Gasteiger partial charge in [0.2, 0.25) is 53.2 Å². The summed E-state index contributed by atoms with van der Waals surface area (Å²) in [4.78, 5) is 124. The summed E-state index contributed by atoms with van der Waals surface area (Å²) in [6.07, 6.45) is 3.35. The molecule has 20 nitrogen and oxygen atoms in total. The molecule has 1 aliphatic heterocycles. The molecule has 5 atom stereocenters. The molecule has 0 unspecified atom stereocenters. The number of imidazole rings is 1. The third-order valence-electron chi connectivity index (χ3n) is 8.11. The summed E-state index contributed by atoms with van der Waals surface area (Å²) in [6, 6.07) is 1.86. The van der Waals surface area contributed by atoms with Crippen LogP contribution in [0.1, 0.15) is 50.8 Å². The summed E-state index contributed by atoms with van der Waals surface area (Å²) in [7, 11) is 0. The van der Waals surface area contributed by atoms with Gasteiger partial charge < -0.3 is 53.3 Å². The lowest BCUT2D eigenvalue weighted by atomic mass is 10.0. The van der Waals surface area contributed by atoms with Crippen LogP contribution >= 0.6 is 0 Å². The van der Waals surface area contributed by atoms with E-state index in [0.29, 0.717) is 24.1 Å². The van der Waals surface area contributed by atoms with E-state index in [1.807, 2.05) is 6.92 Å². The third kappa shape index (κ3) is 14.4. The van der Waals surface area contributed by atoms with E-state index in [4.69, 9.17) is 5.73 Å². The van der Waals surface area contributed by atoms with Crippen LogP contribution in [0, 0.1) is 0 Å². The number of primary amides is 1. The van der Waals surface area contributed by atoms with Crippen LogP contribution in [0.4, 0.5) is 0 Å². The number of carbonyl (C=O) groups excluding carboxylic acids is 9. The standard InChI is InChI=1S/C34H47N11O9/c1-3-4-10-22(41-19(2)46)32(52)45-25-13-28(48)37-15-26(31(51)38-16-27(35)47)42-29(49)17-39-30(50)23(11-20-8-6-5-7-9-20)43-33(53)24(44-34(25)54)12-21-14-36-18-40-21/h5-9,14,18,22-26H,3-4,10-13,15-17H2,1-2H3,(H2,35,47)(H,36,40)(H,37,48)(H,38,51)(H,39,50)(H,41,46)(H,42,49)(H,43,53)(H,44,54)(H,45,52)/t22-,23+,24-,25-,26-/m0/s1. The first-order chi connectivity index (χ1) is 25.7. The highest BCUT2D eigenvalue weighted by atomic mass is 16.2. The fourth-order valence-corrected chi connectivity index (χ4v) is 5.35. The summed E-state index contributed by atoms with van der Waals surface area (Å²) in [6.45, 7) is 1.32. The second-order valence-electron chi connectivity index (χ2n) is 12.6. The zero-order chi connectivity index (χ0) is 39.6. The Morgan fingerprint density at radius 1 is 0.907 bits per heavy atom. The molecule has 1 aromatic heterocycles. The van der Waals surface area contributed by atoms with Crippen molar-refractivity contribution in [1.82, 2.24) is 52.5 Å². The second kappa shape index (κ2) is 21.2. The van der Waals surface area contributed by atoms with Crippen molar-refractivity contribution in [1.29, 1.82) is 0 Å². The maximum Gasteiger partial charge on any atom is 0.244 e. The molecule has 0 spiro atoms. The summed E-state index contributed by atoms with van der Waals surface area (Å²) in [5, 5.41) is 19.7. The predicted octanol–water partition coefficient (Wildman–Crippen LogP) is -3.93. The number of benzene rings is 1. The molecule has 2 aromatic rings. The van der Waals surface area contributed by atoms with Crippen molar-refractivity contribution in [3.8, 4) is 0 Å². The molecule has 0 saturated carbocycles. The topological polar surface area (TPSA) is 305 Å². The number of carbonyl (C=O) groups is 9. The van der Waals surface area contributed by atoms with E-state index in [1.165, 1.54) is 19.4 Å². The number of nitrogens with zero attached hydrogens (tertiary/aromatic N) is 1. The number of hydrogen-bond acceptors (Lipinski definition) is 10. The average molecular weight is 754 g/mol. The quantitative estimate of drug-likeness (QED) is 0.0947. The lowest BCUT2D eigenvalue weighted by molar-refractivity contribution is -0.136. The number of unbranched alkanes of at least 4 members (excludes halogenated alkanes) is 1. The molecule has 20 heteroatoms. The van der Waals surface area contributed by atoms with Gasteiger partial charge in [-0.15, -0.1) is 0 Å². The van der Waals surface area contributed by atoms with Crippen LogP contribution in [-0.4, -0.2) is 113 Å². The molecule has 0 radical (unpaired) electrons. The van der Waals surface area contributed by atoms with E-state index in [2.05, 4.69) is 52.5 Å². The van der Waals surface area contributed by atoms with Crippen LogP contribution in [-0.2, 0) is 56.0 Å². The molecule has 54 heavy (non-hydrogen) atoms. The number of hydrogen-bond donors (Lipinski definition) is 10. The van der Waals surface area contributed by atoms with Crippen molar-refractivity contribution >= 4 is 53.2 Å². The summed E-state index contributed by atoms with van der Waals surface area (Å²) in [5.41, 5.74) is 6.20. The maximum absolute atomic E-state index is 13.9. The highest BCUT2D eigenvalue weighted by Crippen LogP contribution is 2.08. The fourth-order valence-electron chi connectivity index (χ4n) is 5.35. The first-order valence-electron chi connectivity index (χ1n) is 17.3. The van der Waals surface area contributed by atoms with Crippen molar-refractivity contribution in [2.75, 3.05) is 19.6 Å². The van der Waals surface area contributed by atoms with Crippen molar-refractivity contribution in [2.24, 2.45) is 5.73 Å². The fraction of sp³-hybridized carbons (Fsp3) is 0.471. The van der Waals surface area contributed by atoms with Crippen LogP contribution in [0.2, 0.25) is 0 Å². The Bertz CT molecular complexity index is 1650. The molecule has 9 amide bonds. The van der Waals surface area contributed by atoms with Gasteiger partial charge in [0.15, 0.2) is 0 Å². The number of aromatic nitrogens is 2. The van der Waals surface area contributed by atoms with Crippen molar-refractivity contribution < 1.29 is 43.2 Å². The smallest absolute Gasteiger partial charge is 0.244 e. The lowest BCUT2D eigenvalue weighted by Gasteiger charge is -2.26. The predicted molar refractivity (Wildman–Crippen MR) is 190 cm³/mol. The Hall–Kier alpha value is -6.34. The molecule has 3 rings (SSSR count). The van der Waals surface area contributed by atoms with E-state index in [9.17, 15) is 43.2 Å². The third-order valence-corrected chi connectivity index (χ3v) is 8.11. The van der Waals surface area contributed by atoms with Gasteiger partial charge >= 0.3 is 0 Å². The van der Waals surface area contributed by atoms with Gasteiger partial charge in [0, 0.05) is 38.2 Å². The normalized spacial score (nSPS) is 20.7. The van der Waals surface area contributed by atoms with Crippen LogP contribution < -0.4 is 48.3 Å². The molecular weight excluding hydrogens is 706 g/mol. The molecule has 1 aromatic carbocycles. The molecule has 0 bridgehead atoms. The summed E-state index contributed by atoms with van der Waals surface area (Å²) >= 11 is 0. The molecule has 1 fully saturated rings. The Labute approximate surface area is 310 Å².